The molecular formula is C12H14BrNO4S. The number of esters is 1. The van der Waals surface area contributed by atoms with Crippen molar-refractivity contribution in [3.8, 4) is 0 Å². The Balaban J connectivity index is 3.22. The third-order valence-corrected chi connectivity index (χ3v) is 5.07. The van der Waals surface area contributed by atoms with Gasteiger partial charge in [-0.1, -0.05) is 12.7 Å². The Morgan fingerprint density at radius 3 is 2.63 bits per heavy atom. The molecule has 0 heterocycles. The lowest BCUT2D eigenvalue weighted by atomic mass is 10.2. The van der Waals surface area contributed by atoms with E-state index in [0.29, 0.717) is 4.47 Å². The van der Waals surface area contributed by atoms with Crippen LogP contribution in [0.5, 0.6) is 0 Å². The fraction of sp³-hybridized carbons (Fsp3) is 0.250. The summed E-state index contributed by atoms with van der Waals surface area (Å²) in [4.78, 5) is 11.7. The summed E-state index contributed by atoms with van der Waals surface area (Å²) in [6.07, 6.45) is 1.44. The Bertz CT molecular complexity index is 596. The molecule has 104 valence electrons. The predicted molar refractivity (Wildman–Crippen MR) is 75.5 cm³/mol. The molecule has 0 saturated carbocycles. The molecule has 7 heteroatoms. The summed E-state index contributed by atoms with van der Waals surface area (Å²) in [6, 6.07) is 4.27. The van der Waals surface area contributed by atoms with E-state index in [1.807, 2.05) is 0 Å². The van der Waals surface area contributed by atoms with Crippen molar-refractivity contribution < 1.29 is 17.9 Å². The first-order valence-electron chi connectivity index (χ1n) is 5.30. The van der Waals surface area contributed by atoms with Gasteiger partial charge in [0, 0.05) is 18.6 Å². The van der Waals surface area contributed by atoms with Crippen molar-refractivity contribution in [3.05, 3.63) is 40.9 Å². The fourth-order valence-corrected chi connectivity index (χ4v) is 3.09. The number of halogens is 1. The summed E-state index contributed by atoms with van der Waals surface area (Å²) in [5.41, 5.74) is 0.172. The molecule has 0 fully saturated rings. The number of ether oxygens (including phenoxy) is 1. The minimum absolute atomic E-state index is 0.0190. The summed E-state index contributed by atoms with van der Waals surface area (Å²) in [6.45, 7) is 3.51. The van der Waals surface area contributed by atoms with Crippen LogP contribution in [0, 0.1) is 0 Å². The topological polar surface area (TPSA) is 63.7 Å². The number of benzene rings is 1. The maximum Gasteiger partial charge on any atom is 0.338 e. The Morgan fingerprint density at radius 1 is 1.47 bits per heavy atom. The summed E-state index contributed by atoms with van der Waals surface area (Å²) in [7, 11) is -0.783. The first-order valence-corrected chi connectivity index (χ1v) is 7.54. The molecule has 0 aliphatic carbocycles. The molecular weight excluding hydrogens is 334 g/mol. The van der Waals surface area contributed by atoms with E-state index in [1.165, 1.54) is 38.4 Å². The van der Waals surface area contributed by atoms with E-state index in [4.69, 9.17) is 4.74 Å². The highest BCUT2D eigenvalue weighted by Crippen LogP contribution is 2.25. The van der Waals surface area contributed by atoms with Crippen LogP contribution in [0.4, 0.5) is 0 Å². The minimum Gasteiger partial charge on any atom is -0.458 e. The van der Waals surface area contributed by atoms with Gasteiger partial charge in [-0.3, -0.25) is 0 Å². The molecule has 0 amide bonds. The summed E-state index contributed by atoms with van der Waals surface area (Å²) < 4.78 is 30.5. The molecule has 0 aliphatic heterocycles. The van der Waals surface area contributed by atoms with Crippen molar-refractivity contribution >= 4 is 31.9 Å². The van der Waals surface area contributed by atoms with Gasteiger partial charge in [-0.15, -0.1) is 0 Å². The molecule has 0 radical (unpaired) electrons. The molecule has 0 bridgehead atoms. The smallest absolute Gasteiger partial charge is 0.338 e. The molecule has 1 aromatic carbocycles. The standard InChI is InChI=1S/C12H14BrNO4S/c1-4-7-18-12(15)9-5-6-10(13)11(8-9)19(16,17)14(2)3/h4-6,8H,1,7H2,2-3H3. The molecule has 5 nitrogen and oxygen atoms in total. The van der Waals surface area contributed by atoms with Crippen LogP contribution >= 0.6 is 15.9 Å². The molecule has 1 rings (SSSR count). The van der Waals surface area contributed by atoms with Crippen LogP contribution < -0.4 is 0 Å². The second kappa shape index (κ2) is 6.31. The highest BCUT2D eigenvalue weighted by molar-refractivity contribution is 9.10. The highest BCUT2D eigenvalue weighted by Gasteiger charge is 2.22. The number of carbonyl (C=O) groups is 1. The largest absolute Gasteiger partial charge is 0.458 e. The Kier molecular flexibility index (Phi) is 5.28. The molecule has 0 unspecified atom stereocenters. The van der Waals surface area contributed by atoms with Gasteiger partial charge in [-0.2, -0.15) is 0 Å². The van der Waals surface area contributed by atoms with Crippen molar-refractivity contribution in [1.29, 1.82) is 0 Å². The molecule has 1 aromatic rings. The van der Waals surface area contributed by atoms with Gasteiger partial charge in [0.2, 0.25) is 10.0 Å². The third kappa shape index (κ3) is 3.65. The van der Waals surface area contributed by atoms with E-state index in [-0.39, 0.29) is 17.1 Å². The van der Waals surface area contributed by atoms with Gasteiger partial charge >= 0.3 is 5.97 Å². The molecule has 0 spiro atoms. The molecule has 0 aliphatic rings. The average Bonchev–Trinajstić information content (AvgIpc) is 2.36. The van der Waals surface area contributed by atoms with Crippen LogP contribution in [0.2, 0.25) is 0 Å². The van der Waals surface area contributed by atoms with Crippen molar-refractivity contribution in [3.63, 3.8) is 0 Å². The number of hydrogen-bond donors (Lipinski definition) is 0. The van der Waals surface area contributed by atoms with Crippen LogP contribution in [-0.2, 0) is 14.8 Å². The monoisotopic (exact) mass is 347 g/mol. The number of nitrogens with zero attached hydrogens (tertiary/aromatic N) is 1. The van der Waals surface area contributed by atoms with E-state index in [1.54, 1.807) is 0 Å². The first-order chi connectivity index (χ1) is 8.80. The van der Waals surface area contributed by atoms with Crippen molar-refractivity contribution in [2.75, 3.05) is 20.7 Å². The Morgan fingerprint density at radius 2 is 2.11 bits per heavy atom. The van der Waals surface area contributed by atoms with Crippen molar-refractivity contribution in [2.45, 2.75) is 4.90 Å². The van der Waals surface area contributed by atoms with E-state index in [0.717, 1.165) is 4.31 Å². The highest BCUT2D eigenvalue weighted by atomic mass is 79.9. The SMILES string of the molecule is C=CCOC(=O)c1ccc(Br)c(S(=O)(=O)N(C)C)c1. The Hall–Kier alpha value is -1.18. The van der Waals surface area contributed by atoms with Crippen LogP contribution in [0.15, 0.2) is 40.2 Å². The van der Waals surface area contributed by atoms with Gasteiger partial charge in [0.25, 0.3) is 0 Å². The fourth-order valence-electron chi connectivity index (χ4n) is 1.24. The van der Waals surface area contributed by atoms with Crippen LogP contribution in [0.1, 0.15) is 10.4 Å². The van der Waals surface area contributed by atoms with E-state index in [2.05, 4.69) is 22.5 Å². The normalized spacial score (nSPS) is 11.4. The zero-order valence-electron chi connectivity index (χ0n) is 10.6. The van der Waals surface area contributed by atoms with Crippen LogP contribution in [0.3, 0.4) is 0 Å². The van der Waals surface area contributed by atoms with Gasteiger partial charge in [-0.25, -0.2) is 17.5 Å². The zero-order valence-corrected chi connectivity index (χ0v) is 13.0. The third-order valence-electron chi connectivity index (χ3n) is 2.26. The quantitative estimate of drug-likeness (QED) is 0.604. The molecule has 0 saturated heterocycles. The first kappa shape index (κ1) is 15.9. The van der Waals surface area contributed by atoms with Crippen LogP contribution in [0.25, 0.3) is 0 Å². The van der Waals surface area contributed by atoms with E-state index >= 15 is 0 Å². The second-order valence-electron chi connectivity index (χ2n) is 3.82. The maximum atomic E-state index is 12.1. The predicted octanol–water partition coefficient (Wildman–Crippen LogP) is 2.04. The van der Waals surface area contributed by atoms with Gasteiger partial charge in [0.15, 0.2) is 0 Å². The summed E-state index contributed by atoms with van der Waals surface area (Å²) in [5.74, 6) is -0.595. The summed E-state index contributed by atoms with van der Waals surface area (Å²) in [5, 5.41) is 0. The van der Waals surface area contributed by atoms with Crippen molar-refractivity contribution in [1.82, 2.24) is 4.31 Å². The number of rotatable bonds is 5. The number of sulfonamides is 1. The Labute approximate surface area is 121 Å². The van der Waals surface area contributed by atoms with Gasteiger partial charge in [0.1, 0.15) is 6.61 Å². The number of carbonyl (C=O) groups excluding carboxylic acids is 1. The van der Waals surface area contributed by atoms with Crippen LogP contribution in [-0.4, -0.2) is 39.4 Å². The summed E-state index contributed by atoms with van der Waals surface area (Å²) >= 11 is 3.16. The van der Waals surface area contributed by atoms with E-state index in [9.17, 15) is 13.2 Å². The number of hydrogen-bond acceptors (Lipinski definition) is 4. The lowest BCUT2D eigenvalue weighted by Crippen LogP contribution is -2.23. The maximum absolute atomic E-state index is 12.1. The molecule has 0 N–H and O–H groups in total. The molecule has 0 aromatic heterocycles. The lowest BCUT2D eigenvalue weighted by molar-refractivity contribution is 0.0549. The molecule has 0 atom stereocenters. The van der Waals surface area contributed by atoms with Gasteiger partial charge in [-0.05, 0) is 34.1 Å². The lowest BCUT2D eigenvalue weighted by Gasteiger charge is -2.13. The van der Waals surface area contributed by atoms with E-state index < -0.39 is 16.0 Å². The molecule has 19 heavy (non-hydrogen) atoms. The average molecular weight is 348 g/mol. The van der Waals surface area contributed by atoms with Gasteiger partial charge in [0.05, 0.1) is 10.5 Å². The second-order valence-corrected chi connectivity index (χ2v) is 6.79. The van der Waals surface area contributed by atoms with Gasteiger partial charge < -0.3 is 4.74 Å². The van der Waals surface area contributed by atoms with Crippen molar-refractivity contribution in [2.24, 2.45) is 0 Å². The minimum atomic E-state index is -3.63. The zero-order chi connectivity index (χ0) is 14.6.